The van der Waals surface area contributed by atoms with Gasteiger partial charge in [0.15, 0.2) is 0 Å². The van der Waals surface area contributed by atoms with Crippen molar-refractivity contribution in [3.8, 4) is 16.4 Å². The van der Waals surface area contributed by atoms with Gasteiger partial charge in [-0.05, 0) is 26.0 Å². The molecule has 0 aliphatic carbocycles. The summed E-state index contributed by atoms with van der Waals surface area (Å²) in [7, 11) is 0. The van der Waals surface area contributed by atoms with E-state index in [0.717, 1.165) is 16.4 Å². The molecule has 4 aromatic rings. The van der Waals surface area contributed by atoms with Crippen molar-refractivity contribution in [2.24, 2.45) is 0 Å². The summed E-state index contributed by atoms with van der Waals surface area (Å²) in [6.07, 6.45) is 8.33. The molecular weight excluding hydrogens is 362 g/mol. The molecule has 4 rings (SSSR count). The Morgan fingerprint density at radius 2 is 2.07 bits per heavy atom. The Morgan fingerprint density at radius 1 is 1.19 bits per heavy atom. The highest BCUT2D eigenvalue weighted by Crippen LogP contribution is 2.27. The highest BCUT2D eigenvalue weighted by atomic mass is 32.1. The van der Waals surface area contributed by atoms with Crippen LogP contribution in [0.3, 0.4) is 0 Å². The topological polar surface area (TPSA) is 98.5 Å². The van der Waals surface area contributed by atoms with E-state index < -0.39 is 0 Å². The number of carbonyl (C=O) groups excluding carboxylic acids is 1. The van der Waals surface area contributed by atoms with Crippen LogP contribution in [0.25, 0.3) is 16.4 Å². The largest absolute Gasteiger partial charge is 0.306 e. The molecule has 27 heavy (non-hydrogen) atoms. The van der Waals surface area contributed by atoms with E-state index >= 15 is 0 Å². The van der Waals surface area contributed by atoms with Crippen molar-refractivity contribution < 1.29 is 4.79 Å². The Hall–Kier alpha value is -3.46. The predicted octanol–water partition coefficient (Wildman–Crippen LogP) is 3.05. The number of hydrogen-bond donors (Lipinski definition) is 1. The second-order valence-electron chi connectivity index (χ2n) is 5.74. The van der Waals surface area contributed by atoms with Gasteiger partial charge in [-0.3, -0.25) is 14.3 Å². The molecule has 0 fully saturated rings. The van der Waals surface area contributed by atoms with Gasteiger partial charge in [0.1, 0.15) is 33.7 Å². The van der Waals surface area contributed by atoms with E-state index in [9.17, 15) is 4.79 Å². The number of nitrogens with zero attached hydrogens (tertiary/aromatic N) is 6. The highest BCUT2D eigenvalue weighted by molar-refractivity contribution is 7.17. The van der Waals surface area contributed by atoms with Crippen LogP contribution >= 0.6 is 11.3 Å². The maximum atomic E-state index is 12.7. The maximum Gasteiger partial charge on any atom is 0.268 e. The summed E-state index contributed by atoms with van der Waals surface area (Å²) < 4.78 is 1.82. The number of rotatable bonds is 4. The zero-order chi connectivity index (χ0) is 18.8. The first-order valence-electron chi connectivity index (χ1n) is 8.13. The molecule has 0 saturated carbocycles. The SMILES string of the molecule is Cc1nc(-c2cccnc2)sc1C(=O)Nc1cc(-n2ccnc2C)ncn1. The first kappa shape index (κ1) is 17.0. The molecule has 8 nitrogen and oxygen atoms in total. The van der Waals surface area contributed by atoms with Gasteiger partial charge in [0.2, 0.25) is 0 Å². The van der Waals surface area contributed by atoms with E-state index in [2.05, 4.69) is 30.2 Å². The minimum Gasteiger partial charge on any atom is -0.306 e. The first-order valence-corrected chi connectivity index (χ1v) is 8.95. The summed E-state index contributed by atoms with van der Waals surface area (Å²) in [6, 6.07) is 5.45. The lowest BCUT2D eigenvalue weighted by Crippen LogP contribution is -2.13. The van der Waals surface area contributed by atoms with Gasteiger partial charge in [-0.2, -0.15) is 0 Å². The monoisotopic (exact) mass is 377 g/mol. The van der Waals surface area contributed by atoms with Crippen LogP contribution in [0, 0.1) is 13.8 Å². The Kier molecular flexibility index (Phi) is 4.43. The molecule has 0 unspecified atom stereocenters. The zero-order valence-corrected chi connectivity index (χ0v) is 15.4. The van der Waals surface area contributed by atoms with E-state index in [0.29, 0.717) is 22.2 Å². The number of hydrogen-bond acceptors (Lipinski definition) is 7. The fourth-order valence-corrected chi connectivity index (χ4v) is 3.51. The van der Waals surface area contributed by atoms with Gasteiger partial charge in [-0.15, -0.1) is 11.3 Å². The van der Waals surface area contributed by atoms with Crippen LogP contribution in [0.2, 0.25) is 0 Å². The summed E-state index contributed by atoms with van der Waals surface area (Å²) in [5.41, 5.74) is 1.54. The number of nitrogens with one attached hydrogen (secondary N) is 1. The summed E-state index contributed by atoms with van der Waals surface area (Å²) in [5, 5.41) is 3.57. The second kappa shape index (κ2) is 7.04. The molecule has 4 aromatic heterocycles. The summed E-state index contributed by atoms with van der Waals surface area (Å²) in [6.45, 7) is 3.69. The van der Waals surface area contributed by atoms with E-state index in [1.165, 1.54) is 17.7 Å². The number of thiazole rings is 1. The third kappa shape index (κ3) is 3.44. The quantitative estimate of drug-likeness (QED) is 0.587. The lowest BCUT2D eigenvalue weighted by molar-refractivity contribution is 0.102. The molecule has 0 bridgehead atoms. The average Bonchev–Trinajstić information content (AvgIpc) is 3.28. The van der Waals surface area contributed by atoms with Gasteiger partial charge in [0, 0.05) is 36.4 Å². The molecule has 0 aromatic carbocycles. The normalized spacial score (nSPS) is 10.7. The van der Waals surface area contributed by atoms with E-state index in [1.807, 2.05) is 30.5 Å². The molecule has 134 valence electrons. The van der Waals surface area contributed by atoms with Crippen molar-refractivity contribution in [3.63, 3.8) is 0 Å². The van der Waals surface area contributed by atoms with Gasteiger partial charge in [-0.1, -0.05) is 0 Å². The van der Waals surface area contributed by atoms with Gasteiger partial charge in [-0.25, -0.2) is 19.9 Å². The van der Waals surface area contributed by atoms with Gasteiger partial charge < -0.3 is 5.32 Å². The smallest absolute Gasteiger partial charge is 0.268 e. The molecule has 0 radical (unpaired) electrons. The van der Waals surface area contributed by atoms with Crippen molar-refractivity contribution >= 4 is 23.1 Å². The molecule has 1 amide bonds. The van der Waals surface area contributed by atoms with E-state index in [4.69, 9.17) is 0 Å². The van der Waals surface area contributed by atoms with Crippen molar-refractivity contribution in [1.82, 2.24) is 29.5 Å². The van der Waals surface area contributed by atoms with Crippen molar-refractivity contribution in [1.29, 1.82) is 0 Å². The van der Waals surface area contributed by atoms with Crippen LogP contribution in [-0.2, 0) is 0 Å². The summed E-state index contributed by atoms with van der Waals surface area (Å²) in [5.74, 6) is 1.58. The van der Waals surface area contributed by atoms with Crippen LogP contribution in [0.5, 0.6) is 0 Å². The summed E-state index contributed by atoms with van der Waals surface area (Å²) in [4.78, 5) is 34.4. The van der Waals surface area contributed by atoms with Crippen molar-refractivity contribution in [2.75, 3.05) is 5.32 Å². The van der Waals surface area contributed by atoms with E-state index in [-0.39, 0.29) is 5.91 Å². The molecule has 0 saturated heterocycles. The fourth-order valence-electron chi connectivity index (χ4n) is 2.56. The molecule has 0 atom stereocenters. The van der Waals surface area contributed by atoms with E-state index in [1.54, 1.807) is 30.9 Å². The van der Waals surface area contributed by atoms with Crippen LogP contribution in [0.15, 0.2) is 49.3 Å². The lowest BCUT2D eigenvalue weighted by atomic mass is 10.3. The fraction of sp³-hybridized carbons (Fsp3) is 0.111. The Labute approximate surface area is 159 Å². The van der Waals surface area contributed by atoms with Crippen LogP contribution in [-0.4, -0.2) is 35.4 Å². The van der Waals surface area contributed by atoms with Gasteiger partial charge >= 0.3 is 0 Å². The molecule has 0 aliphatic rings. The third-order valence-corrected chi connectivity index (χ3v) is 5.08. The Morgan fingerprint density at radius 3 is 2.81 bits per heavy atom. The molecular formula is C18H15N7OS. The number of imidazole rings is 1. The first-order chi connectivity index (χ1) is 13.1. The second-order valence-corrected chi connectivity index (χ2v) is 6.73. The van der Waals surface area contributed by atoms with Crippen LogP contribution in [0.4, 0.5) is 5.82 Å². The molecule has 1 N–H and O–H groups in total. The maximum absolute atomic E-state index is 12.7. The Balaban J connectivity index is 1.58. The Bertz CT molecular complexity index is 1100. The van der Waals surface area contributed by atoms with Gasteiger partial charge in [0.05, 0.1) is 5.69 Å². The molecule has 9 heteroatoms. The average molecular weight is 377 g/mol. The number of aromatic nitrogens is 6. The standard InChI is InChI=1S/C18H15N7OS/c1-11-16(27-18(23-11)13-4-3-5-19-9-13)17(26)24-14-8-15(22-10-21-14)25-7-6-20-12(25)2/h3-10H,1-2H3,(H,21,22,24,26). The van der Waals surface area contributed by atoms with Gasteiger partial charge in [0.25, 0.3) is 5.91 Å². The number of pyridine rings is 1. The summed E-state index contributed by atoms with van der Waals surface area (Å²) >= 11 is 1.32. The highest BCUT2D eigenvalue weighted by Gasteiger charge is 2.17. The molecule has 0 aliphatic heterocycles. The van der Waals surface area contributed by atoms with Crippen molar-refractivity contribution in [3.05, 3.63) is 65.7 Å². The minimum absolute atomic E-state index is 0.257. The number of carbonyl (C=O) groups is 1. The van der Waals surface area contributed by atoms with Crippen molar-refractivity contribution in [2.45, 2.75) is 13.8 Å². The molecule has 0 spiro atoms. The van der Waals surface area contributed by atoms with Crippen LogP contribution in [0.1, 0.15) is 21.2 Å². The molecule has 4 heterocycles. The zero-order valence-electron chi connectivity index (χ0n) is 14.6. The minimum atomic E-state index is -0.257. The predicted molar refractivity (Wildman–Crippen MR) is 102 cm³/mol. The lowest BCUT2D eigenvalue weighted by Gasteiger charge is -2.07. The number of aryl methyl sites for hydroxylation is 2. The number of amides is 1. The van der Waals surface area contributed by atoms with Crippen LogP contribution < -0.4 is 5.32 Å². The number of anilines is 1. The third-order valence-electron chi connectivity index (χ3n) is 3.88.